The lowest BCUT2D eigenvalue weighted by molar-refractivity contribution is 0.0954. The Labute approximate surface area is 141 Å². The van der Waals surface area contributed by atoms with E-state index >= 15 is 0 Å². The minimum atomic E-state index is -0.162. The largest absolute Gasteiger partial charge is 0.398 e. The van der Waals surface area contributed by atoms with E-state index < -0.39 is 0 Å². The molecule has 0 saturated heterocycles. The number of imidazole rings is 1. The van der Waals surface area contributed by atoms with Gasteiger partial charge in [0.15, 0.2) is 0 Å². The van der Waals surface area contributed by atoms with Crippen LogP contribution in [0.3, 0.4) is 0 Å². The number of rotatable bonds is 9. The van der Waals surface area contributed by atoms with Gasteiger partial charge in [-0.2, -0.15) is 0 Å². The first-order valence-electron chi connectivity index (χ1n) is 7.96. The number of carbonyl (C=O) groups is 1. The third kappa shape index (κ3) is 5.94. The molecule has 5 nitrogen and oxygen atoms in total. The van der Waals surface area contributed by atoms with Crippen molar-refractivity contribution in [3.05, 3.63) is 47.5 Å². The fourth-order valence-corrected chi connectivity index (χ4v) is 2.56. The topological polar surface area (TPSA) is 72.9 Å². The molecular weight excluding hydrogens is 312 g/mol. The Hall–Kier alpha value is -2.01. The summed E-state index contributed by atoms with van der Waals surface area (Å²) in [6, 6.07) is 4.93. The number of nitrogens with two attached hydrogens (primary N) is 1. The maximum Gasteiger partial charge on any atom is 0.253 e. The fourth-order valence-electron chi connectivity index (χ4n) is 2.39. The van der Waals surface area contributed by atoms with Gasteiger partial charge in [-0.25, -0.2) is 4.98 Å². The minimum absolute atomic E-state index is 0.162. The van der Waals surface area contributed by atoms with Crippen molar-refractivity contribution >= 4 is 23.2 Å². The molecular formula is C17H23ClN4O. The molecule has 1 heterocycles. The Balaban J connectivity index is 1.55. The molecule has 2 aromatic rings. The van der Waals surface area contributed by atoms with Crippen LogP contribution < -0.4 is 11.1 Å². The molecule has 124 valence electrons. The molecule has 0 bridgehead atoms. The Morgan fingerprint density at radius 1 is 1.22 bits per heavy atom. The molecule has 1 amide bonds. The summed E-state index contributed by atoms with van der Waals surface area (Å²) in [6.07, 6.45) is 11.2. The second-order valence-electron chi connectivity index (χ2n) is 5.56. The van der Waals surface area contributed by atoms with Crippen LogP contribution in [-0.4, -0.2) is 22.0 Å². The van der Waals surface area contributed by atoms with Crippen molar-refractivity contribution < 1.29 is 4.79 Å². The van der Waals surface area contributed by atoms with E-state index in [1.54, 1.807) is 24.4 Å². The number of nitrogens with zero attached hydrogens (tertiary/aromatic N) is 2. The van der Waals surface area contributed by atoms with E-state index in [4.69, 9.17) is 17.3 Å². The van der Waals surface area contributed by atoms with Gasteiger partial charge in [0.05, 0.1) is 11.9 Å². The molecule has 1 aromatic heterocycles. The van der Waals surface area contributed by atoms with E-state index in [-0.39, 0.29) is 5.91 Å². The maximum absolute atomic E-state index is 12.0. The molecule has 23 heavy (non-hydrogen) atoms. The van der Waals surface area contributed by atoms with E-state index in [1.165, 1.54) is 12.8 Å². The number of hydrogen-bond acceptors (Lipinski definition) is 3. The van der Waals surface area contributed by atoms with Gasteiger partial charge in [-0.15, -0.1) is 0 Å². The number of aromatic nitrogens is 2. The van der Waals surface area contributed by atoms with Crippen molar-refractivity contribution in [3.8, 4) is 0 Å². The molecule has 0 radical (unpaired) electrons. The van der Waals surface area contributed by atoms with Crippen LogP contribution in [0.2, 0.25) is 5.02 Å². The number of anilines is 1. The lowest BCUT2D eigenvalue weighted by Crippen LogP contribution is -2.25. The standard InChI is InChI=1S/C17H23ClN4O/c18-14-6-7-16(19)15(12-14)17(23)21-8-4-2-1-3-5-10-22-11-9-20-13-22/h6-7,9,11-13H,1-5,8,10,19H2,(H,21,23). The predicted molar refractivity (Wildman–Crippen MR) is 93.5 cm³/mol. The van der Waals surface area contributed by atoms with E-state index in [2.05, 4.69) is 14.9 Å². The van der Waals surface area contributed by atoms with Crippen LogP contribution in [0.4, 0.5) is 5.69 Å². The predicted octanol–water partition coefficient (Wildman–Crippen LogP) is 3.50. The first-order valence-corrected chi connectivity index (χ1v) is 8.33. The zero-order valence-corrected chi connectivity index (χ0v) is 13.9. The lowest BCUT2D eigenvalue weighted by atomic mass is 10.1. The second kappa shape index (κ2) is 9.20. The zero-order valence-electron chi connectivity index (χ0n) is 13.2. The highest BCUT2D eigenvalue weighted by molar-refractivity contribution is 6.31. The number of unbranched alkanes of at least 4 members (excludes halogenated alkanes) is 4. The van der Waals surface area contributed by atoms with Crippen molar-refractivity contribution in [2.45, 2.75) is 38.6 Å². The first-order chi connectivity index (χ1) is 11.2. The van der Waals surface area contributed by atoms with Gasteiger partial charge < -0.3 is 15.6 Å². The maximum atomic E-state index is 12.0. The van der Waals surface area contributed by atoms with E-state index in [0.717, 1.165) is 25.8 Å². The van der Waals surface area contributed by atoms with E-state index in [0.29, 0.717) is 22.8 Å². The highest BCUT2D eigenvalue weighted by atomic mass is 35.5. The van der Waals surface area contributed by atoms with Gasteiger partial charge in [0.25, 0.3) is 5.91 Å². The van der Waals surface area contributed by atoms with Crippen LogP contribution >= 0.6 is 11.6 Å². The summed E-state index contributed by atoms with van der Waals surface area (Å²) in [5.41, 5.74) is 6.68. The van der Waals surface area contributed by atoms with Gasteiger partial charge >= 0.3 is 0 Å². The summed E-state index contributed by atoms with van der Waals surface area (Å²) < 4.78 is 2.09. The Morgan fingerprint density at radius 3 is 2.78 bits per heavy atom. The number of nitrogens with one attached hydrogen (secondary N) is 1. The third-order valence-corrected chi connectivity index (χ3v) is 3.93. The van der Waals surface area contributed by atoms with Gasteiger partial charge in [0.2, 0.25) is 0 Å². The van der Waals surface area contributed by atoms with Crippen molar-refractivity contribution in [1.29, 1.82) is 0 Å². The van der Waals surface area contributed by atoms with Gasteiger partial charge in [-0.3, -0.25) is 4.79 Å². The summed E-state index contributed by atoms with van der Waals surface area (Å²) >= 11 is 5.89. The molecule has 0 aliphatic carbocycles. The average Bonchev–Trinajstić information content (AvgIpc) is 3.05. The minimum Gasteiger partial charge on any atom is -0.398 e. The third-order valence-electron chi connectivity index (χ3n) is 3.70. The molecule has 6 heteroatoms. The number of nitrogen functional groups attached to an aromatic ring is 1. The SMILES string of the molecule is Nc1ccc(Cl)cc1C(=O)NCCCCCCCn1ccnc1. The van der Waals surface area contributed by atoms with Crippen molar-refractivity contribution in [1.82, 2.24) is 14.9 Å². The van der Waals surface area contributed by atoms with Crippen molar-refractivity contribution in [3.63, 3.8) is 0 Å². The number of amides is 1. The fraction of sp³-hybridized carbons (Fsp3) is 0.412. The Morgan fingerprint density at radius 2 is 2.00 bits per heavy atom. The monoisotopic (exact) mass is 334 g/mol. The Bertz CT molecular complexity index is 613. The van der Waals surface area contributed by atoms with Crippen LogP contribution in [0.1, 0.15) is 42.5 Å². The number of carbonyl (C=O) groups excluding carboxylic acids is 1. The molecule has 3 N–H and O–H groups in total. The highest BCUT2D eigenvalue weighted by Crippen LogP contribution is 2.17. The molecule has 1 aromatic carbocycles. The summed E-state index contributed by atoms with van der Waals surface area (Å²) in [4.78, 5) is 16.0. The molecule has 0 aliphatic heterocycles. The summed E-state index contributed by atoms with van der Waals surface area (Å²) in [6.45, 7) is 1.68. The highest BCUT2D eigenvalue weighted by Gasteiger charge is 2.09. The molecule has 0 fully saturated rings. The number of hydrogen-bond donors (Lipinski definition) is 2. The number of aryl methyl sites for hydroxylation is 1. The average molecular weight is 335 g/mol. The Kier molecular flexibility index (Phi) is 6.94. The number of halogens is 1. The van der Waals surface area contributed by atoms with E-state index in [9.17, 15) is 4.79 Å². The smallest absolute Gasteiger partial charge is 0.253 e. The van der Waals surface area contributed by atoms with Gasteiger partial charge in [-0.1, -0.05) is 30.9 Å². The van der Waals surface area contributed by atoms with Crippen LogP contribution in [0.15, 0.2) is 36.9 Å². The van der Waals surface area contributed by atoms with Crippen LogP contribution in [0.5, 0.6) is 0 Å². The second-order valence-corrected chi connectivity index (χ2v) is 5.99. The number of benzene rings is 1. The summed E-state index contributed by atoms with van der Waals surface area (Å²) in [5, 5.41) is 3.41. The molecule has 0 unspecified atom stereocenters. The first kappa shape index (κ1) is 17.3. The van der Waals surface area contributed by atoms with Crippen molar-refractivity contribution in [2.24, 2.45) is 0 Å². The van der Waals surface area contributed by atoms with Gasteiger partial charge in [0, 0.05) is 36.2 Å². The van der Waals surface area contributed by atoms with Gasteiger partial charge in [0.1, 0.15) is 0 Å². The van der Waals surface area contributed by atoms with Crippen LogP contribution in [-0.2, 0) is 6.54 Å². The normalized spacial score (nSPS) is 10.7. The molecule has 0 atom stereocenters. The zero-order chi connectivity index (χ0) is 16.5. The van der Waals surface area contributed by atoms with Crippen molar-refractivity contribution in [2.75, 3.05) is 12.3 Å². The molecule has 2 rings (SSSR count). The molecule has 0 saturated carbocycles. The quantitative estimate of drug-likeness (QED) is 0.544. The van der Waals surface area contributed by atoms with E-state index in [1.807, 2.05) is 12.5 Å². The van der Waals surface area contributed by atoms with Gasteiger partial charge in [-0.05, 0) is 31.0 Å². The summed E-state index contributed by atoms with van der Waals surface area (Å²) in [5.74, 6) is -0.162. The van der Waals surface area contributed by atoms with Crippen LogP contribution in [0, 0.1) is 0 Å². The van der Waals surface area contributed by atoms with Crippen LogP contribution in [0.25, 0.3) is 0 Å². The molecule has 0 aliphatic rings. The summed E-state index contributed by atoms with van der Waals surface area (Å²) in [7, 11) is 0. The lowest BCUT2D eigenvalue weighted by Gasteiger charge is -2.08. The molecule has 0 spiro atoms.